The van der Waals surface area contributed by atoms with Gasteiger partial charge in [-0.05, 0) is 48.5 Å². The zero-order valence-corrected chi connectivity index (χ0v) is 23.3. The van der Waals surface area contributed by atoms with Crippen LogP contribution in [0.2, 0.25) is 0 Å². The average molecular weight is 562 g/mol. The van der Waals surface area contributed by atoms with Crippen LogP contribution in [0.15, 0.2) is 82.6 Å². The van der Waals surface area contributed by atoms with Crippen molar-refractivity contribution in [3.63, 3.8) is 0 Å². The number of hydrogen-bond donors (Lipinski definition) is 1. The van der Waals surface area contributed by atoms with E-state index in [1.807, 2.05) is 0 Å². The number of nitrogens with zero attached hydrogens (tertiary/aromatic N) is 2. The third-order valence-electron chi connectivity index (χ3n) is 5.75. The fourth-order valence-corrected chi connectivity index (χ4v) is 6.67. The van der Waals surface area contributed by atoms with Crippen LogP contribution in [0.1, 0.15) is 13.8 Å². The Hall–Kier alpha value is -3.61. The lowest BCUT2D eigenvalue weighted by Crippen LogP contribution is -2.38. The first kappa shape index (κ1) is 29.0. The minimum absolute atomic E-state index is 0.0105. The van der Waals surface area contributed by atoms with Crippen molar-refractivity contribution in [3.05, 3.63) is 72.8 Å². The Bertz CT molecular complexity index is 1460. The topological polar surface area (TPSA) is 122 Å². The van der Waals surface area contributed by atoms with Gasteiger partial charge in [0.1, 0.15) is 18.0 Å². The van der Waals surface area contributed by atoms with Crippen LogP contribution in [0.3, 0.4) is 0 Å². The SMILES string of the molecule is CCN(CC)S(=O)(=O)c1ccc(NC(=O)CN(c2cc(OC)ccc2OC)S(=O)(=O)c2ccccc2)cc1. The Morgan fingerprint density at radius 1 is 0.789 bits per heavy atom. The predicted molar refractivity (Wildman–Crippen MR) is 146 cm³/mol. The summed E-state index contributed by atoms with van der Waals surface area (Å²) in [5.74, 6) is -0.0442. The van der Waals surface area contributed by atoms with Gasteiger partial charge in [-0.25, -0.2) is 16.8 Å². The van der Waals surface area contributed by atoms with E-state index in [9.17, 15) is 21.6 Å². The molecule has 0 aliphatic rings. The molecule has 1 amide bonds. The van der Waals surface area contributed by atoms with E-state index in [0.29, 0.717) is 24.5 Å². The van der Waals surface area contributed by atoms with Crippen LogP contribution in [-0.2, 0) is 24.8 Å². The minimum atomic E-state index is -4.19. The number of sulfonamides is 2. The van der Waals surface area contributed by atoms with Gasteiger partial charge < -0.3 is 14.8 Å². The molecule has 0 bridgehead atoms. The van der Waals surface area contributed by atoms with E-state index in [0.717, 1.165) is 4.31 Å². The van der Waals surface area contributed by atoms with E-state index in [2.05, 4.69) is 5.32 Å². The number of rotatable bonds is 12. The fourth-order valence-electron chi connectivity index (χ4n) is 3.76. The van der Waals surface area contributed by atoms with Gasteiger partial charge in [0.2, 0.25) is 15.9 Å². The van der Waals surface area contributed by atoms with Crippen molar-refractivity contribution in [2.45, 2.75) is 23.6 Å². The van der Waals surface area contributed by atoms with Gasteiger partial charge >= 0.3 is 0 Å². The summed E-state index contributed by atoms with van der Waals surface area (Å²) in [7, 11) is -5.01. The van der Waals surface area contributed by atoms with Crippen LogP contribution < -0.4 is 19.1 Å². The molecule has 204 valence electrons. The molecule has 3 aromatic carbocycles. The van der Waals surface area contributed by atoms with Crippen LogP contribution in [-0.4, -0.2) is 60.9 Å². The van der Waals surface area contributed by atoms with Gasteiger partial charge in [-0.2, -0.15) is 4.31 Å². The number of amides is 1. The Morgan fingerprint density at radius 3 is 1.95 bits per heavy atom. The maximum Gasteiger partial charge on any atom is 0.264 e. The molecule has 3 aromatic rings. The summed E-state index contributed by atoms with van der Waals surface area (Å²) in [6, 6.07) is 18.1. The van der Waals surface area contributed by atoms with Crippen molar-refractivity contribution in [1.29, 1.82) is 0 Å². The van der Waals surface area contributed by atoms with Crippen molar-refractivity contribution in [2.24, 2.45) is 0 Å². The molecule has 0 aliphatic carbocycles. The molecule has 0 aromatic heterocycles. The summed E-state index contributed by atoms with van der Waals surface area (Å²) in [4.78, 5) is 13.2. The summed E-state index contributed by atoms with van der Waals surface area (Å²) in [6.07, 6.45) is 0. The van der Waals surface area contributed by atoms with Crippen molar-refractivity contribution < 1.29 is 31.1 Å². The van der Waals surface area contributed by atoms with Crippen LogP contribution in [0.5, 0.6) is 11.5 Å². The first-order valence-corrected chi connectivity index (χ1v) is 14.7. The highest BCUT2D eigenvalue weighted by Crippen LogP contribution is 2.35. The van der Waals surface area contributed by atoms with Crippen LogP contribution in [0, 0.1) is 0 Å². The summed E-state index contributed by atoms with van der Waals surface area (Å²) in [6.45, 7) is 3.58. The Balaban J connectivity index is 1.94. The fraction of sp³-hybridized carbons (Fsp3) is 0.269. The maximum atomic E-state index is 13.6. The number of methoxy groups -OCH3 is 2. The molecule has 0 fully saturated rings. The Kier molecular flexibility index (Phi) is 9.36. The molecule has 0 spiro atoms. The van der Waals surface area contributed by atoms with Gasteiger partial charge in [0.25, 0.3) is 10.0 Å². The van der Waals surface area contributed by atoms with E-state index in [4.69, 9.17) is 9.47 Å². The zero-order chi connectivity index (χ0) is 27.9. The number of anilines is 2. The van der Waals surface area contributed by atoms with Crippen molar-refractivity contribution >= 4 is 37.3 Å². The molecule has 0 radical (unpaired) electrons. The molecule has 0 aliphatic heterocycles. The van der Waals surface area contributed by atoms with Crippen LogP contribution >= 0.6 is 0 Å². The smallest absolute Gasteiger partial charge is 0.264 e. The van der Waals surface area contributed by atoms with Crippen LogP contribution in [0.25, 0.3) is 0 Å². The highest BCUT2D eigenvalue weighted by Gasteiger charge is 2.30. The molecule has 0 atom stereocenters. The standard InChI is InChI=1S/C26H31N3O7S2/c1-5-28(6-2)37(31,32)23-15-12-20(13-16-23)27-26(30)19-29(38(33,34)22-10-8-7-9-11-22)24-18-21(35-3)14-17-25(24)36-4/h7-18H,5-6,19H2,1-4H3,(H,27,30). The molecule has 12 heteroatoms. The molecule has 3 rings (SSSR count). The lowest BCUT2D eigenvalue weighted by molar-refractivity contribution is -0.114. The molecule has 10 nitrogen and oxygen atoms in total. The number of benzene rings is 3. The molecule has 1 N–H and O–H groups in total. The van der Waals surface area contributed by atoms with E-state index < -0.39 is 32.5 Å². The lowest BCUT2D eigenvalue weighted by atomic mass is 10.2. The third kappa shape index (κ3) is 6.26. The quantitative estimate of drug-likeness (QED) is 0.359. The van der Waals surface area contributed by atoms with Gasteiger partial charge in [0.15, 0.2) is 0 Å². The van der Waals surface area contributed by atoms with E-state index in [1.54, 1.807) is 44.2 Å². The second kappa shape index (κ2) is 12.3. The van der Waals surface area contributed by atoms with Gasteiger partial charge in [-0.15, -0.1) is 0 Å². The second-order valence-electron chi connectivity index (χ2n) is 8.02. The first-order valence-electron chi connectivity index (χ1n) is 11.8. The second-order valence-corrected chi connectivity index (χ2v) is 11.8. The predicted octanol–water partition coefficient (Wildman–Crippen LogP) is 3.57. The molecule has 0 saturated heterocycles. The van der Waals surface area contributed by atoms with Gasteiger partial charge in [-0.1, -0.05) is 32.0 Å². The molecule has 0 saturated carbocycles. The van der Waals surface area contributed by atoms with Gasteiger partial charge in [-0.3, -0.25) is 9.10 Å². The summed E-state index contributed by atoms with van der Waals surface area (Å²) in [5.41, 5.74) is 0.426. The molecular formula is C26H31N3O7S2. The van der Waals surface area contributed by atoms with Crippen molar-refractivity contribution in [2.75, 3.05) is 43.5 Å². The first-order chi connectivity index (χ1) is 18.1. The lowest BCUT2D eigenvalue weighted by Gasteiger charge is -2.26. The Morgan fingerprint density at radius 2 is 1.39 bits per heavy atom. The molecular weight excluding hydrogens is 530 g/mol. The average Bonchev–Trinajstić information content (AvgIpc) is 2.92. The largest absolute Gasteiger partial charge is 0.497 e. The van der Waals surface area contributed by atoms with E-state index in [1.165, 1.54) is 61.0 Å². The van der Waals surface area contributed by atoms with Gasteiger partial charge in [0.05, 0.1) is 29.7 Å². The molecule has 38 heavy (non-hydrogen) atoms. The van der Waals surface area contributed by atoms with Crippen molar-refractivity contribution in [1.82, 2.24) is 4.31 Å². The molecule has 0 heterocycles. The zero-order valence-electron chi connectivity index (χ0n) is 21.6. The number of carbonyl (C=O) groups is 1. The number of carbonyl (C=O) groups excluding carboxylic acids is 1. The minimum Gasteiger partial charge on any atom is -0.497 e. The van der Waals surface area contributed by atoms with Crippen LogP contribution in [0.4, 0.5) is 11.4 Å². The van der Waals surface area contributed by atoms with E-state index >= 15 is 0 Å². The normalized spacial score (nSPS) is 11.7. The third-order valence-corrected chi connectivity index (χ3v) is 9.59. The van der Waals surface area contributed by atoms with Crippen molar-refractivity contribution in [3.8, 4) is 11.5 Å². The maximum absolute atomic E-state index is 13.6. The summed E-state index contributed by atoms with van der Waals surface area (Å²) >= 11 is 0. The highest BCUT2D eigenvalue weighted by atomic mass is 32.2. The number of ether oxygens (including phenoxy) is 2. The number of hydrogen-bond acceptors (Lipinski definition) is 7. The summed E-state index contributed by atoms with van der Waals surface area (Å²) < 4.78 is 65.7. The monoisotopic (exact) mass is 561 g/mol. The Labute approximate surface area is 223 Å². The van der Waals surface area contributed by atoms with E-state index in [-0.39, 0.29) is 21.2 Å². The molecule has 0 unspecified atom stereocenters. The highest BCUT2D eigenvalue weighted by molar-refractivity contribution is 7.93. The van der Waals surface area contributed by atoms with Gasteiger partial charge in [0, 0.05) is 24.8 Å². The number of nitrogens with one attached hydrogen (secondary N) is 1. The summed E-state index contributed by atoms with van der Waals surface area (Å²) in [5, 5.41) is 2.64.